The minimum Gasteiger partial charge on any atom is -0.465 e. The Hall–Kier alpha value is -1.88. The largest absolute Gasteiger partial charge is 0.465 e. The minimum atomic E-state index is -0.728. The number of hydrogen-bond acceptors (Lipinski definition) is 4. The van der Waals surface area contributed by atoms with Gasteiger partial charge in [-0.05, 0) is 52.0 Å². The van der Waals surface area contributed by atoms with Crippen LogP contribution in [0.1, 0.15) is 38.1 Å². The first-order chi connectivity index (χ1) is 9.09. The van der Waals surface area contributed by atoms with Crippen LogP contribution in [0.25, 0.3) is 0 Å². The van der Waals surface area contributed by atoms with Crippen molar-refractivity contribution < 1.29 is 14.3 Å². The molecule has 5 nitrogen and oxygen atoms in total. The van der Waals surface area contributed by atoms with E-state index in [4.69, 9.17) is 5.73 Å². The molecule has 0 heterocycles. The number of esters is 1. The van der Waals surface area contributed by atoms with Gasteiger partial charge in [-0.3, -0.25) is 4.79 Å². The molecule has 0 saturated heterocycles. The number of methoxy groups -OCH3 is 1. The molecule has 0 bridgehead atoms. The Kier molecular flexibility index (Phi) is 4.55. The van der Waals surface area contributed by atoms with Gasteiger partial charge in [-0.15, -0.1) is 0 Å². The number of nitrogens with one attached hydrogen (secondary N) is 1. The maximum atomic E-state index is 12.3. The van der Waals surface area contributed by atoms with Gasteiger partial charge >= 0.3 is 5.97 Å². The molecule has 3 N–H and O–H groups in total. The van der Waals surface area contributed by atoms with Crippen molar-refractivity contribution in [2.75, 3.05) is 12.4 Å². The zero-order valence-corrected chi connectivity index (χ0v) is 12.6. The summed E-state index contributed by atoms with van der Waals surface area (Å²) in [5.74, 6) is -0.581. The third kappa shape index (κ3) is 3.36. The van der Waals surface area contributed by atoms with E-state index in [0.717, 1.165) is 0 Å². The molecule has 0 atom stereocenters. The van der Waals surface area contributed by atoms with Gasteiger partial charge in [0, 0.05) is 11.2 Å². The van der Waals surface area contributed by atoms with Gasteiger partial charge in [-0.25, -0.2) is 4.79 Å². The highest BCUT2D eigenvalue weighted by Gasteiger charge is 2.40. The molecule has 0 aliphatic carbocycles. The Balaban J connectivity index is 2.85. The molecule has 0 aliphatic rings. The van der Waals surface area contributed by atoms with Crippen LogP contribution in [-0.2, 0) is 9.53 Å². The van der Waals surface area contributed by atoms with Gasteiger partial charge in [0.25, 0.3) is 0 Å². The molecule has 0 spiro atoms. The summed E-state index contributed by atoms with van der Waals surface area (Å²) in [5.41, 5.74) is 5.70. The van der Waals surface area contributed by atoms with Gasteiger partial charge in [0.2, 0.25) is 5.91 Å². The lowest BCUT2D eigenvalue weighted by atomic mass is 9.74. The third-order valence-electron chi connectivity index (χ3n) is 3.74. The summed E-state index contributed by atoms with van der Waals surface area (Å²) in [5, 5.41) is 2.80. The molecule has 1 aromatic rings. The molecular weight excluding hydrogens is 256 g/mol. The Labute approximate surface area is 119 Å². The molecule has 110 valence electrons. The fourth-order valence-electron chi connectivity index (χ4n) is 1.39. The van der Waals surface area contributed by atoms with Crippen LogP contribution in [0.4, 0.5) is 5.69 Å². The van der Waals surface area contributed by atoms with Crippen molar-refractivity contribution in [1.82, 2.24) is 0 Å². The van der Waals surface area contributed by atoms with Crippen molar-refractivity contribution in [3.63, 3.8) is 0 Å². The van der Waals surface area contributed by atoms with Crippen LogP contribution in [0.2, 0.25) is 0 Å². The van der Waals surface area contributed by atoms with E-state index in [9.17, 15) is 9.59 Å². The number of benzene rings is 1. The second kappa shape index (κ2) is 5.63. The Morgan fingerprint density at radius 3 is 2.00 bits per heavy atom. The number of ether oxygens (including phenoxy) is 1. The van der Waals surface area contributed by atoms with E-state index >= 15 is 0 Å². The maximum Gasteiger partial charge on any atom is 0.337 e. The number of amides is 1. The van der Waals surface area contributed by atoms with Crippen LogP contribution in [0.15, 0.2) is 24.3 Å². The summed E-state index contributed by atoms with van der Waals surface area (Å²) in [4.78, 5) is 23.6. The van der Waals surface area contributed by atoms with Crippen LogP contribution in [0.3, 0.4) is 0 Å². The number of rotatable bonds is 4. The normalized spacial score (nSPS) is 11.9. The molecule has 1 amide bonds. The fraction of sp³-hybridized carbons (Fsp3) is 0.467. The van der Waals surface area contributed by atoms with Crippen molar-refractivity contribution in [3.8, 4) is 0 Å². The smallest absolute Gasteiger partial charge is 0.337 e. The number of hydrogen-bond donors (Lipinski definition) is 2. The molecular formula is C15H22N2O3. The van der Waals surface area contributed by atoms with Crippen molar-refractivity contribution >= 4 is 17.6 Å². The number of carbonyl (C=O) groups is 2. The van der Waals surface area contributed by atoms with Gasteiger partial charge in [0.15, 0.2) is 0 Å². The van der Waals surface area contributed by atoms with Gasteiger partial charge in [-0.2, -0.15) is 0 Å². The van der Waals surface area contributed by atoms with Crippen LogP contribution in [-0.4, -0.2) is 24.5 Å². The van der Waals surface area contributed by atoms with E-state index in [1.54, 1.807) is 38.1 Å². The van der Waals surface area contributed by atoms with E-state index < -0.39 is 16.9 Å². The van der Waals surface area contributed by atoms with E-state index in [2.05, 4.69) is 10.1 Å². The second-order valence-corrected chi connectivity index (χ2v) is 5.87. The first kappa shape index (κ1) is 16.2. The first-order valence-electron chi connectivity index (χ1n) is 6.38. The number of carbonyl (C=O) groups excluding carboxylic acids is 2. The zero-order valence-electron chi connectivity index (χ0n) is 12.6. The summed E-state index contributed by atoms with van der Waals surface area (Å²) in [6.45, 7) is 7.22. The van der Waals surface area contributed by atoms with Crippen LogP contribution >= 0.6 is 0 Å². The van der Waals surface area contributed by atoms with Gasteiger partial charge < -0.3 is 15.8 Å². The van der Waals surface area contributed by atoms with E-state index in [1.807, 2.05) is 13.8 Å². The van der Waals surface area contributed by atoms with Crippen molar-refractivity contribution in [1.29, 1.82) is 0 Å². The van der Waals surface area contributed by atoms with E-state index in [-0.39, 0.29) is 5.91 Å². The minimum absolute atomic E-state index is 0.171. The summed E-state index contributed by atoms with van der Waals surface area (Å²) >= 11 is 0. The predicted molar refractivity (Wildman–Crippen MR) is 78.5 cm³/mol. The quantitative estimate of drug-likeness (QED) is 0.827. The predicted octanol–water partition coefficient (Wildman–Crippen LogP) is 2.18. The zero-order chi connectivity index (χ0) is 15.6. The van der Waals surface area contributed by atoms with Crippen molar-refractivity contribution in [3.05, 3.63) is 29.8 Å². The Bertz CT molecular complexity index is 499. The van der Waals surface area contributed by atoms with Crippen LogP contribution in [0.5, 0.6) is 0 Å². The Morgan fingerprint density at radius 1 is 1.10 bits per heavy atom. The van der Waals surface area contributed by atoms with E-state index in [1.165, 1.54) is 7.11 Å². The molecule has 20 heavy (non-hydrogen) atoms. The summed E-state index contributed by atoms with van der Waals surface area (Å²) in [6, 6.07) is 6.51. The Morgan fingerprint density at radius 2 is 1.60 bits per heavy atom. The lowest BCUT2D eigenvalue weighted by Gasteiger charge is -2.36. The summed E-state index contributed by atoms with van der Waals surface area (Å²) in [6.07, 6.45) is 0. The van der Waals surface area contributed by atoms with Crippen molar-refractivity contribution in [2.45, 2.75) is 33.2 Å². The molecule has 1 aromatic carbocycles. The molecule has 0 aromatic heterocycles. The second-order valence-electron chi connectivity index (χ2n) is 5.87. The third-order valence-corrected chi connectivity index (χ3v) is 3.74. The molecule has 0 unspecified atom stereocenters. The average molecular weight is 278 g/mol. The molecule has 5 heteroatoms. The maximum absolute atomic E-state index is 12.3. The highest BCUT2D eigenvalue weighted by atomic mass is 16.5. The SMILES string of the molecule is COC(=O)c1ccc(NC(=O)C(C)(C)C(C)(C)N)cc1. The number of anilines is 1. The molecule has 0 aliphatic heterocycles. The topological polar surface area (TPSA) is 81.4 Å². The van der Waals surface area contributed by atoms with Crippen LogP contribution < -0.4 is 11.1 Å². The average Bonchev–Trinajstić information content (AvgIpc) is 2.37. The monoisotopic (exact) mass is 278 g/mol. The molecule has 1 rings (SSSR count). The summed E-state index contributed by atoms with van der Waals surface area (Å²) < 4.78 is 4.61. The van der Waals surface area contributed by atoms with Gasteiger partial charge in [0.1, 0.15) is 0 Å². The van der Waals surface area contributed by atoms with E-state index in [0.29, 0.717) is 11.3 Å². The molecule has 0 radical (unpaired) electrons. The molecule has 0 saturated carbocycles. The fourth-order valence-corrected chi connectivity index (χ4v) is 1.39. The highest BCUT2D eigenvalue weighted by molar-refractivity contribution is 5.96. The highest BCUT2D eigenvalue weighted by Crippen LogP contribution is 2.29. The lowest BCUT2D eigenvalue weighted by Crippen LogP contribution is -2.53. The summed E-state index contributed by atoms with van der Waals surface area (Å²) in [7, 11) is 1.32. The van der Waals surface area contributed by atoms with Gasteiger partial charge in [-0.1, -0.05) is 0 Å². The first-order valence-corrected chi connectivity index (χ1v) is 6.38. The number of nitrogens with two attached hydrogens (primary N) is 1. The van der Waals surface area contributed by atoms with Crippen molar-refractivity contribution in [2.24, 2.45) is 11.1 Å². The van der Waals surface area contributed by atoms with Crippen LogP contribution in [0, 0.1) is 5.41 Å². The lowest BCUT2D eigenvalue weighted by molar-refractivity contribution is -0.126. The standard InChI is InChI=1S/C15H22N2O3/c1-14(2,15(3,4)16)13(19)17-11-8-6-10(7-9-11)12(18)20-5/h6-9H,16H2,1-5H3,(H,17,19). The van der Waals surface area contributed by atoms with Gasteiger partial charge in [0.05, 0.1) is 18.1 Å². The molecule has 0 fully saturated rings.